The molecule has 0 aliphatic carbocycles. The third-order valence-corrected chi connectivity index (χ3v) is 5.61. The molecule has 3 heterocycles. The zero-order chi connectivity index (χ0) is 21.5. The van der Waals surface area contributed by atoms with Crippen LogP contribution in [0.1, 0.15) is 18.4 Å². The number of ether oxygens (including phenoxy) is 1. The molecule has 1 aliphatic heterocycles. The highest BCUT2D eigenvalue weighted by molar-refractivity contribution is 5.79. The monoisotopic (exact) mass is 417 g/mol. The van der Waals surface area contributed by atoms with Gasteiger partial charge in [-0.15, -0.1) is 10.2 Å². The number of hydrogen-bond donors (Lipinski definition) is 1. The molecule has 0 saturated carbocycles. The minimum absolute atomic E-state index is 0.0498. The van der Waals surface area contributed by atoms with Gasteiger partial charge in [-0.25, -0.2) is 0 Å². The van der Waals surface area contributed by atoms with E-state index in [2.05, 4.69) is 25.4 Å². The van der Waals surface area contributed by atoms with Crippen LogP contribution in [-0.4, -0.2) is 47.8 Å². The van der Waals surface area contributed by atoms with Crippen LogP contribution in [0, 0.1) is 5.92 Å². The molecular weight excluding hydrogens is 390 g/mol. The first-order valence-electron chi connectivity index (χ1n) is 10.6. The Hall–Kier alpha value is -3.48. The van der Waals surface area contributed by atoms with Crippen molar-refractivity contribution in [1.29, 1.82) is 0 Å². The maximum absolute atomic E-state index is 12.7. The van der Waals surface area contributed by atoms with E-state index in [0.717, 1.165) is 54.2 Å². The fourth-order valence-corrected chi connectivity index (χ4v) is 3.94. The molecule has 4 rings (SSSR count). The van der Waals surface area contributed by atoms with Crippen molar-refractivity contribution in [2.75, 3.05) is 31.6 Å². The molecule has 1 N–H and O–H groups in total. The molecule has 1 aromatic carbocycles. The molecule has 7 heteroatoms. The summed E-state index contributed by atoms with van der Waals surface area (Å²) in [4.78, 5) is 19.0. The zero-order valence-corrected chi connectivity index (χ0v) is 17.7. The number of hydrogen-bond acceptors (Lipinski definition) is 6. The second-order valence-corrected chi connectivity index (χ2v) is 7.66. The van der Waals surface area contributed by atoms with Gasteiger partial charge in [-0.1, -0.05) is 18.2 Å². The number of methoxy groups -OCH3 is 1. The van der Waals surface area contributed by atoms with Crippen LogP contribution in [0.5, 0.6) is 5.75 Å². The fraction of sp³-hybridized carbons (Fsp3) is 0.333. The van der Waals surface area contributed by atoms with Gasteiger partial charge in [0, 0.05) is 37.6 Å². The van der Waals surface area contributed by atoms with Crippen molar-refractivity contribution >= 4 is 11.7 Å². The van der Waals surface area contributed by atoms with Crippen molar-refractivity contribution in [1.82, 2.24) is 20.5 Å². The number of anilines is 1. The summed E-state index contributed by atoms with van der Waals surface area (Å²) in [6.07, 6.45) is 6.10. The smallest absolute Gasteiger partial charge is 0.224 e. The number of piperidine rings is 1. The first-order valence-corrected chi connectivity index (χ1v) is 10.6. The van der Waals surface area contributed by atoms with Gasteiger partial charge in [0.15, 0.2) is 5.82 Å². The number of carbonyl (C=O) groups excluding carboxylic acids is 1. The minimum Gasteiger partial charge on any atom is -0.496 e. The molecule has 1 saturated heterocycles. The average Bonchev–Trinajstić information content (AvgIpc) is 2.85. The Morgan fingerprint density at radius 1 is 1.16 bits per heavy atom. The topological polar surface area (TPSA) is 80.2 Å². The van der Waals surface area contributed by atoms with Crippen LogP contribution in [0.25, 0.3) is 11.3 Å². The SMILES string of the molecule is COc1ccccc1CCNC(=O)C1CCCN(c2ccc(-c3cccnc3)nn2)C1. The Kier molecular flexibility index (Phi) is 6.72. The Labute approximate surface area is 182 Å². The first kappa shape index (κ1) is 20.8. The number of aromatic nitrogens is 3. The van der Waals surface area contributed by atoms with Crippen molar-refractivity contribution in [2.45, 2.75) is 19.3 Å². The molecule has 1 unspecified atom stereocenters. The van der Waals surface area contributed by atoms with E-state index in [-0.39, 0.29) is 11.8 Å². The molecule has 1 amide bonds. The third-order valence-electron chi connectivity index (χ3n) is 5.61. The Morgan fingerprint density at radius 2 is 2.06 bits per heavy atom. The zero-order valence-electron chi connectivity index (χ0n) is 17.7. The van der Waals surface area contributed by atoms with E-state index in [9.17, 15) is 4.79 Å². The summed E-state index contributed by atoms with van der Waals surface area (Å²) >= 11 is 0. The number of carbonyl (C=O) groups is 1. The third kappa shape index (κ3) is 5.17. The number of amides is 1. The van der Waals surface area contributed by atoms with Gasteiger partial charge < -0.3 is 15.0 Å². The number of nitrogens with one attached hydrogen (secondary N) is 1. The summed E-state index contributed by atoms with van der Waals surface area (Å²) in [6, 6.07) is 15.7. The molecule has 0 spiro atoms. The predicted molar refractivity (Wildman–Crippen MR) is 120 cm³/mol. The number of pyridine rings is 1. The first-order chi connectivity index (χ1) is 15.2. The van der Waals surface area contributed by atoms with Gasteiger partial charge in [0.2, 0.25) is 5.91 Å². The molecule has 0 radical (unpaired) electrons. The molecule has 7 nitrogen and oxygen atoms in total. The van der Waals surface area contributed by atoms with Crippen LogP contribution in [0.15, 0.2) is 60.9 Å². The van der Waals surface area contributed by atoms with Crippen molar-refractivity contribution in [2.24, 2.45) is 5.92 Å². The van der Waals surface area contributed by atoms with E-state index >= 15 is 0 Å². The summed E-state index contributed by atoms with van der Waals surface area (Å²) in [5.41, 5.74) is 2.83. The second-order valence-electron chi connectivity index (χ2n) is 7.66. The maximum atomic E-state index is 12.7. The van der Waals surface area contributed by atoms with Crippen LogP contribution in [-0.2, 0) is 11.2 Å². The van der Waals surface area contributed by atoms with Crippen molar-refractivity contribution in [3.05, 3.63) is 66.5 Å². The summed E-state index contributed by atoms with van der Waals surface area (Å²) in [5, 5.41) is 11.8. The number of benzene rings is 1. The molecular formula is C24H27N5O2. The lowest BCUT2D eigenvalue weighted by Crippen LogP contribution is -2.43. The summed E-state index contributed by atoms with van der Waals surface area (Å²) in [5.74, 6) is 1.71. The van der Waals surface area contributed by atoms with Crippen molar-refractivity contribution in [3.8, 4) is 17.0 Å². The predicted octanol–water partition coefficient (Wildman–Crippen LogP) is 3.12. The number of rotatable bonds is 7. The fourth-order valence-electron chi connectivity index (χ4n) is 3.94. The lowest BCUT2D eigenvalue weighted by molar-refractivity contribution is -0.125. The van der Waals surface area contributed by atoms with E-state index in [1.54, 1.807) is 19.5 Å². The van der Waals surface area contributed by atoms with Crippen molar-refractivity contribution in [3.63, 3.8) is 0 Å². The van der Waals surface area contributed by atoms with Gasteiger partial charge >= 0.3 is 0 Å². The molecule has 3 aromatic rings. The standard InChI is InChI=1S/C24H27N5O2/c1-31-22-9-3-2-6-18(22)12-14-26-24(30)20-8-5-15-29(17-20)23-11-10-21(27-28-23)19-7-4-13-25-16-19/h2-4,6-7,9-11,13,16,20H,5,8,12,14-15,17H2,1H3,(H,26,30). The highest BCUT2D eigenvalue weighted by Crippen LogP contribution is 2.23. The van der Waals surface area contributed by atoms with E-state index in [0.29, 0.717) is 13.1 Å². The van der Waals surface area contributed by atoms with Crippen LogP contribution >= 0.6 is 0 Å². The van der Waals surface area contributed by atoms with Crippen LogP contribution in [0.3, 0.4) is 0 Å². The molecule has 1 fully saturated rings. The van der Waals surface area contributed by atoms with E-state index in [4.69, 9.17) is 4.74 Å². The molecule has 2 aromatic heterocycles. The Morgan fingerprint density at radius 3 is 2.84 bits per heavy atom. The number of para-hydroxylation sites is 1. The van der Waals surface area contributed by atoms with E-state index in [1.165, 1.54) is 0 Å². The molecule has 0 bridgehead atoms. The minimum atomic E-state index is -0.0498. The highest BCUT2D eigenvalue weighted by atomic mass is 16.5. The van der Waals surface area contributed by atoms with Crippen LogP contribution < -0.4 is 15.0 Å². The van der Waals surface area contributed by atoms with Crippen LogP contribution in [0.2, 0.25) is 0 Å². The lowest BCUT2D eigenvalue weighted by Gasteiger charge is -2.32. The van der Waals surface area contributed by atoms with Gasteiger partial charge in [-0.2, -0.15) is 0 Å². The van der Waals surface area contributed by atoms with E-state index in [1.807, 2.05) is 48.5 Å². The molecule has 1 aliphatic rings. The molecule has 31 heavy (non-hydrogen) atoms. The second kappa shape index (κ2) is 10.0. The lowest BCUT2D eigenvalue weighted by atomic mass is 9.97. The Bertz CT molecular complexity index is 994. The van der Waals surface area contributed by atoms with Gasteiger partial charge in [-0.3, -0.25) is 9.78 Å². The summed E-state index contributed by atoms with van der Waals surface area (Å²) in [6.45, 7) is 2.13. The van der Waals surface area contributed by atoms with Gasteiger partial charge in [0.25, 0.3) is 0 Å². The van der Waals surface area contributed by atoms with Crippen LogP contribution in [0.4, 0.5) is 5.82 Å². The quantitative estimate of drug-likeness (QED) is 0.636. The van der Waals surface area contributed by atoms with Gasteiger partial charge in [0.1, 0.15) is 5.75 Å². The number of nitrogens with zero attached hydrogens (tertiary/aromatic N) is 4. The van der Waals surface area contributed by atoms with Crippen molar-refractivity contribution < 1.29 is 9.53 Å². The molecule has 160 valence electrons. The molecule has 1 atom stereocenters. The maximum Gasteiger partial charge on any atom is 0.224 e. The summed E-state index contributed by atoms with van der Waals surface area (Å²) in [7, 11) is 1.67. The largest absolute Gasteiger partial charge is 0.496 e. The average molecular weight is 418 g/mol. The van der Waals surface area contributed by atoms with E-state index < -0.39 is 0 Å². The van der Waals surface area contributed by atoms with Gasteiger partial charge in [0.05, 0.1) is 18.7 Å². The summed E-state index contributed by atoms with van der Waals surface area (Å²) < 4.78 is 5.38. The Balaban J connectivity index is 1.32. The van der Waals surface area contributed by atoms with Gasteiger partial charge in [-0.05, 0) is 55.2 Å². The highest BCUT2D eigenvalue weighted by Gasteiger charge is 2.26. The normalized spacial score (nSPS) is 16.0.